The molecule has 1 aliphatic rings. The van der Waals surface area contributed by atoms with Crippen LogP contribution < -0.4 is 10.2 Å². The average molecular weight is 440 g/mol. The Morgan fingerprint density at radius 3 is 2.67 bits per heavy atom. The van der Waals surface area contributed by atoms with E-state index in [-0.39, 0.29) is 11.8 Å². The van der Waals surface area contributed by atoms with E-state index in [1.807, 2.05) is 36.5 Å². The lowest BCUT2D eigenvalue weighted by molar-refractivity contribution is -0.120. The maximum atomic E-state index is 12.7. The van der Waals surface area contributed by atoms with E-state index in [1.54, 1.807) is 16.9 Å². The summed E-state index contributed by atoms with van der Waals surface area (Å²) in [4.78, 5) is 19.3. The van der Waals surface area contributed by atoms with Crippen LogP contribution in [0.15, 0.2) is 48.8 Å². The molecule has 1 fully saturated rings. The summed E-state index contributed by atoms with van der Waals surface area (Å²) in [5.41, 5.74) is 0.839. The number of thiazole rings is 1. The lowest BCUT2D eigenvalue weighted by Crippen LogP contribution is -2.38. The summed E-state index contributed by atoms with van der Waals surface area (Å²) in [6, 6.07) is 11.2. The first-order valence-electron chi connectivity index (χ1n) is 9.61. The van der Waals surface area contributed by atoms with Crippen LogP contribution in [0.1, 0.15) is 12.8 Å². The smallest absolute Gasteiger partial charge is 0.229 e. The van der Waals surface area contributed by atoms with Crippen molar-refractivity contribution in [3.05, 3.63) is 53.8 Å². The molecule has 5 rings (SSSR count). The first-order valence-corrected chi connectivity index (χ1v) is 10.8. The third kappa shape index (κ3) is 3.86. The number of halogens is 1. The average Bonchev–Trinajstić information content (AvgIpc) is 3.43. The maximum absolute atomic E-state index is 12.7. The molecule has 1 saturated heterocycles. The highest BCUT2D eigenvalue weighted by Crippen LogP contribution is 2.29. The summed E-state index contributed by atoms with van der Waals surface area (Å²) in [7, 11) is 0. The third-order valence-electron chi connectivity index (χ3n) is 5.15. The Labute approximate surface area is 181 Å². The molecule has 0 saturated carbocycles. The molecule has 0 spiro atoms. The molecule has 1 N–H and O–H groups in total. The van der Waals surface area contributed by atoms with Crippen LogP contribution in [0.4, 0.5) is 10.9 Å². The highest BCUT2D eigenvalue weighted by molar-refractivity contribution is 7.22. The summed E-state index contributed by atoms with van der Waals surface area (Å²) in [6.45, 7) is 1.51. The van der Waals surface area contributed by atoms with Gasteiger partial charge in [0.05, 0.1) is 10.2 Å². The number of aromatic nitrogens is 5. The Morgan fingerprint density at radius 1 is 1.13 bits per heavy atom. The molecule has 4 heterocycles. The van der Waals surface area contributed by atoms with Crippen molar-refractivity contribution in [2.75, 3.05) is 23.3 Å². The van der Waals surface area contributed by atoms with Gasteiger partial charge in [-0.1, -0.05) is 22.9 Å². The van der Waals surface area contributed by atoms with Gasteiger partial charge in [0.1, 0.15) is 0 Å². The summed E-state index contributed by atoms with van der Waals surface area (Å²) < 4.78 is 2.63. The van der Waals surface area contributed by atoms with Gasteiger partial charge in [-0.2, -0.15) is 5.10 Å². The van der Waals surface area contributed by atoms with E-state index in [4.69, 9.17) is 11.6 Å². The fourth-order valence-corrected chi connectivity index (χ4v) is 4.69. The molecule has 10 heteroatoms. The highest BCUT2D eigenvalue weighted by Gasteiger charge is 2.26. The number of anilines is 2. The van der Waals surface area contributed by atoms with Crippen LogP contribution in [0.3, 0.4) is 0 Å². The van der Waals surface area contributed by atoms with Crippen molar-refractivity contribution in [3.63, 3.8) is 0 Å². The molecule has 30 heavy (non-hydrogen) atoms. The van der Waals surface area contributed by atoms with Crippen LogP contribution in [-0.2, 0) is 4.79 Å². The fourth-order valence-electron chi connectivity index (χ4n) is 3.54. The molecule has 0 bridgehead atoms. The Kier molecular flexibility index (Phi) is 5.06. The molecule has 3 aromatic heterocycles. The summed E-state index contributed by atoms with van der Waals surface area (Å²) >= 11 is 7.47. The second-order valence-corrected chi connectivity index (χ2v) is 8.55. The van der Waals surface area contributed by atoms with Gasteiger partial charge in [-0.25, -0.2) is 9.67 Å². The minimum atomic E-state index is -0.0480. The quantitative estimate of drug-likeness (QED) is 0.520. The van der Waals surface area contributed by atoms with Crippen molar-refractivity contribution in [1.29, 1.82) is 0 Å². The van der Waals surface area contributed by atoms with Gasteiger partial charge in [0.25, 0.3) is 0 Å². The van der Waals surface area contributed by atoms with Gasteiger partial charge in [0.15, 0.2) is 16.8 Å². The van der Waals surface area contributed by atoms with Crippen molar-refractivity contribution in [3.8, 4) is 5.82 Å². The lowest BCUT2D eigenvalue weighted by Gasteiger charge is -2.31. The van der Waals surface area contributed by atoms with E-state index in [0.717, 1.165) is 42.0 Å². The molecule has 0 aliphatic carbocycles. The number of hydrogen-bond donors (Lipinski definition) is 1. The zero-order chi connectivity index (χ0) is 20.5. The van der Waals surface area contributed by atoms with Crippen molar-refractivity contribution in [1.82, 2.24) is 25.0 Å². The minimum Gasteiger partial charge on any atom is -0.355 e. The highest BCUT2D eigenvalue weighted by atomic mass is 35.5. The number of rotatable bonds is 4. The van der Waals surface area contributed by atoms with Crippen molar-refractivity contribution < 1.29 is 4.79 Å². The number of piperidine rings is 1. The maximum Gasteiger partial charge on any atom is 0.229 e. The van der Waals surface area contributed by atoms with Gasteiger partial charge in [-0.05, 0) is 49.2 Å². The summed E-state index contributed by atoms with van der Waals surface area (Å²) in [5.74, 6) is 1.45. The fraction of sp³-hybridized carbons (Fsp3) is 0.250. The topological polar surface area (TPSA) is 88.8 Å². The molecule has 0 unspecified atom stereocenters. The molecule has 152 valence electrons. The van der Waals surface area contributed by atoms with E-state index < -0.39 is 0 Å². The standard InChI is InChI=1S/C20H18ClN7OS/c21-14-2-3-15-16(12-14)30-20(23-15)24-19(29)13-6-10-27(11-7-13)17-4-5-18(26-25-17)28-9-1-8-22-28/h1-5,8-9,12-13H,6-7,10-11H2,(H,23,24,29). The molecular weight excluding hydrogens is 422 g/mol. The van der Waals surface area contributed by atoms with E-state index in [9.17, 15) is 4.79 Å². The first-order chi connectivity index (χ1) is 14.7. The van der Waals surface area contributed by atoms with E-state index in [2.05, 4.69) is 30.5 Å². The molecule has 0 atom stereocenters. The van der Waals surface area contributed by atoms with Crippen LogP contribution in [0.25, 0.3) is 16.0 Å². The molecule has 1 aromatic carbocycles. The largest absolute Gasteiger partial charge is 0.355 e. The van der Waals surface area contributed by atoms with E-state index >= 15 is 0 Å². The number of fused-ring (bicyclic) bond motifs is 1. The Bertz CT molecular complexity index is 1170. The molecule has 1 aliphatic heterocycles. The molecule has 1 amide bonds. The third-order valence-corrected chi connectivity index (χ3v) is 6.31. The van der Waals surface area contributed by atoms with Gasteiger partial charge in [0.2, 0.25) is 5.91 Å². The minimum absolute atomic E-state index is 0.0138. The predicted molar refractivity (Wildman–Crippen MR) is 117 cm³/mol. The zero-order valence-electron chi connectivity index (χ0n) is 15.9. The Morgan fingerprint density at radius 2 is 1.93 bits per heavy atom. The number of nitrogens with one attached hydrogen (secondary N) is 1. The monoisotopic (exact) mass is 439 g/mol. The van der Waals surface area contributed by atoms with Crippen LogP contribution in [-0.4, -0.2) is 44.0 Å². The van der Waals surface area contributed by atoms with Crippen molar-refractivity contribution >= 4 is 50.0 Å². The normalized spacial score (nSPS) is 14.9. The molecular formula is C20H18ClN7OS. The van der Waals surface area contributed by atoms with Gasteiger partial charge in [-0.3, -0.25) is 4.79 Å². The summed E-state index contributed by atoms with van der Waals surface area (Å²) in [5, 5.41) is 17.0. The lowest BCUT2D eigenvalue weighted by atomic mass is 9.96. The van der Waals surface area contributed by atoms with Gasteiger partial charge >= 0.3 is 0 Å². The Balaban J connectivity index is 1.19. The van der Waals surface area contributed by atoms with Crippen LogP contribution in [0.2, 0.25) is 5.02 Å². The number of hydrogen-bond acceptors (Lipinski definition) is 7. The van der Waals surface area contributed by atoms with Gasteiger partial charge < -0.3 is 10.2 Å². The zero-order valence-corrected chi connectivity index (χ0v) is 17.5. The summed E-state index contributed by atoms with van der Waals surface area (Å²) in [6.07, 6.45) is 5.04. The number of nitrogens with zero attached hydrogens (tertiary/aromatic N) is 6. The number of benzene rings is 1. The number of carbonyl (C=O) groups excluding carboxylic acids is 1. The van der Waals surface area contributed by atoms with E-state index in [0.29, 0.717) is 16.0 Å². The molecule has 8 nitrogen and oxygen atoms in total. The van der Waals surface area contributed by atoms with E-state index in [1.165, 1.54) is 11.3 Å². The van der Waals surface area contributed by atoms with Crippen molar-refractivity contribution in [2.45, 2.75) is 12.8 Å². The number of amides is 1. The van der Waals surface area contributed by atoms with Crippen LogP contribution >= 0.6 is 22.9 Å². The predicted octanol–water partition coefficient (Wildman–Crippen LogP) is 3.78. The second-order valence-electron chi connectivity index (χ2n) is 7.08. The Hall–Kier alpha value is -3.04. The molecule has 4 aromatic rings. The van der Waals surface area contributed by atoms with Crippen LogP contribution in [0, 0.1) is 5.92 Å². The van der Waals surface area contributed by atoms with Crippen LogP contribution in [0.5, 0.6) is 0 Å². The SMILES string of the molecule is O=C(Nc1nc2ccc(Cl)cc2s1)C1CCN(c2ccc(-n3cccn3)nn2)CC1. The second kappa shape index (κ2) is 8.00. The van der Waals surface area contributed by atoms with Gasteiger partial charge in [-0.15, -0.1) is 10.2 Å². The number of carbonyl (C=O) groups is 1. The van der Waals surface area contributed by atoms with Crippen molar-refractivity contribution in [2.24, 2.45) is 5.92 Å². The molecule has 0 radical (unpaired) electrons. The van der Waals surface area contributed by atoms with Gasteiger partial charge in [0, 0.05) is 36.4 Å². The first kappa shape index (κ1) is 19.0.